The van der Waals surface area contributed by atoms with E-state index in [0.29, 0.717) is 53.9 Å². The zero-order chi connectivity index (χ0) is 33.3. The number of hydrogen-bond acceptors (Lipinski definition) is 11. The van der Waals surface area contributed by atoms with Crippen LogP contribution in [-0.2, 0) is 23.7 Å². The molecule has 1 aliphatic rings. The van der Waals surface area contributed by atoms with E-state index in [-0.39, 0.29) is 25.2 Å². The number of unbranched alkanes of at least 4 members (excludes halogenated alkanes) is 1. The monoisotopic (exact) mass is 648 g/mol. The predicted octanol–water partition coefficient (Wildman–Crippen LogP) is 5.46. The number of benzene rings is 3. The third-order valence-electron chi connectivity index (χ3n) is 6.86. The van der Waals surface area contributed by atoms with Gasteiger partial charge in [0.15, 0.2) is 0 Å². The molecule has 1 heterocycles. The average molecular weight is 649 g/mol. The van der Waals surface area contributed by atoms with E-state index in [0.717, 1.165) is 38.7 Å². The minimum Gasteiger partial charge on any atom is -0.494 e. The highest BCUT2D eigenvalue weighted by Crippen LogP contribution is 2.26. The lowest BCUT2D eigenvalue weighted by Crippen LogP contribution is -2.43. The first kappa shape index (κ1) is 35.1. The van der Waals surface area contributed by atoms with Crippen molar-refractivity contribution in [3.8, 4) is 23.0 Å². The molecule has 11 heteroatoms. The van der Waals surface area contributed by atoms with Gasteiger partial charge in [0.25, 0.3) is 0 Å². The van der Waals surface area contributed by atoms with Crippen LogP contribution in [0.3, 0.4) is 0 Å². The summed E-state index contributed by atoms with van der Waals surface area (Å²) in [5, 5.41) is 0. The standard InChI is InChI=1S/C36H40O11/c1-3-33(37)45-23-21-40-20-22-44-30-12-8-28(9-13-30)35(39)47-32-16-14-31(15-17-32)46-34(38)27-6-10-29(11-7-27)43-19-5-4-18-41-24-36(2)25-42-26-36/h3,6-17H,1,4-5,18-26H2,2H3. The Morgan fingerprint density at radius 2 is 1.15 bits per heavy atom. The second kappa shape index (κ2) is 18.4. The minimum atomic E-state index is -0.553. The van der Waals surface area contributed by atoms with E-state index in [1.165, 1.54) is 0 Å². The summed E-state index contributed by atoms with van der Waals surface area (Å²) >= 11 is 0. The summed E-state index contributed by atoms with van der Waals surface area (Å²) in [7, 11) is 0. The first-order chi connectivity index (χ1) is 22.8. The van der Waals surface area contributed by atoms with Gasteiger partial charge in [-0.1, -0.05) is 13.5 Å². The number of hydrogen-bond donors (Lipinski definition) is 0. The van der Waals surface area contributed by atoms with Crippen molar-refractivity contribution < 1.29 is 52.3 Å². The second-order valence-electron chi connectivity index (χ2n) is 11.0. The molecule has 3 aromatic rings. The summed E-state index contributed by atoms with van der Waals surface area (Å²) in [6.07, 6.45) is 2.85. The maximum Gasteiger partial charge on any atom is 0.343 e. The van der Waals surface area contributed by atoms with Crippen LogP contribution < -0.4 is 18.9 Å². The summed E-state index contributed by atoms with van der Waals surface area (Å²) in [6.45, 7) is 9.93. The highest BCUT2D eigenvalue weighted by atomic mass is 16.6. The van der Waals surface area contributed by atoms with Crippen LogP contribution >= 0.6 is 0 Å². The molecule has 0 atom stereocenters. The molecule has 0 aliphatic carbocycles. The highest BCUT2D eigenvalue weighted by Gasteiger charge is 2.33. The van der Waals surface area contributed by atoms with Crippen LogP contribution in [0.5, 0.6) is 23.0 Å². The Bertz CT molecular complexity index is 1430. The van der Waals surface area contributed by atoms with E-state index in [9.17, 15) is 14.4 Å². The zero-order valence-corrected chi connectivity index (χ0v) is 26.5. The van der Waals surface area contributed by atoms with Gasteiger partial charge in [-0.05, 0) is 85.6 Å². The number of rotatable bonds is 20. The molecule has 0 unspecified atom stereocenters. The lowest BCUT2D eigenvalue weighted by atomic mass is 9.90. The number of carbonyl (C=O) groups is 3. The third-order valence-corrected chi connectivity index (χ3v) is 6.86. The SMILES string of the molecule is C=CC(=O)OCCOCCOc1ccc(C(=O)Oc2ccc(OC(=O)c3ccc(OCCCCOCC4(C)COC4)cc3)cc2)cc1. The zero-order valence-electron chi connectivity index (χ0n) is 26.5. The second-order valence-corrected chi connectivity index (χ2v) is 11.0. The maximum atomic E-state index is 12.6. The van der Waals surface area contributed by atoms with E-state index in [1.807, 2.05) is 0 Å². The molecule has 0 saturated carbocycles. The van der Waals surface area contributed by atoms with Crippen molar-refractivity contribution >= 4 is 17.9 Å². The third kappa shape index (κ3) is 12.2. The summed E-state index contributed by atoms with van der Waals surface area (Å²) in [5.41, 5.74) is 0.872. The van der Waals surface area contributed by atoms with E-state index >= 15 is 0 Å². The van der Waals surface area contributed by atoms with Crippen molar-refractivity contribution in [1.82, 2.24) is 0 Å². The van der Waals surface area contributed by atoms with Crippen LogP contribution in [0.25, 0.3) is 0 Å². The predicted molar refractivity (Wildman–Crippen MR) is 171 cm³/mol. The van der Waals surface area contributed by atoms with Gasteiger partial charge in [0.1, 0.15) is 36.2 Å². The fourth-order valence-electron chi connectivity index (χ4n) is 4.21. The van der Waals surface area contributed by atoms with Gasteiger partial charge in [-0.15, -0.1) is 0 Å². The normalized spacial score (nSPS) is 13.1. The summed E-state index contributed by atoms with van der Waals surface area (Å²) < 4.78 is 43.3. The molecule has 4 rings (SSSR count). The van der Waals surface area contributed by atoms with Crippen LogP contribution in [0.1, 0.15) is 40.5 Å². The van der Waals surface area contributed by atoms with E-state index in [2.05, 4.69) is 13.5 Å². The fraction of sp³-hybridized carbons (Fsp3) is 0.361. The van der Waals surface area contributed by atoms with Crippen LogP contribution in [0.4, 0.5) is 0 Å². The van der Waals surface area contributed by atoms with Crippen LogP contribution in [0, 0.1) is 5.41 Å². The molecule has 0 bridgehead atoms. The van der Waals surface area contributed by atoms with Crippen molar-refractivity contribution in [2.75, 3.05) is 59.5 Å². The molecular formula is C36H40O11. The van der Waals surface area contributed by atoms with Crippen molar-refractivity contribution in [3.63, 3.8) is 0 Å². The van der Waals surface area contributed by atoms with Crippen molar-refractivity contribution in [1.29, 1.82) is 0 Å². The summed E-state index contributed by atoms with van der Waals surface area (Å²) in [6, 6.07) is 19.4. The molecule has 0 radical (unpaired) electrons. The number of carbonyl (C=O) groups excluding carboxylic acids is 3. The Morgan fingerprint density at radius 1 is 0.660 bits per heavy atom. The van der Waals surface area contributed by atoms with Gasteiger partial charge in [-0.2, -0.15) is 0 Å². The topological polar surface area (TPSA) is 125 Å². The first-order valence-corrected chi connectivity index (χ1v) is 15.4. The highest BCUT2D eigenvalue weighted by molar-refractivity contribution is 5.92. The van der Waals surface area contributed by atoms with Gasteiger partial charge in [0.05, 0.1) is 50.8 Å². The Morgan fingerprint density at radius 3 is 1.66 bits per heavy atom. The molecule has 0 N–H and O–H groups in total. The molecule has 250 valence electrons. The molecule has 0 aromatic heterocycles. The fourth-order valence-corrected chi connectivity index (χ4v) is 4.21. The van der Waals surface area contributed by atoms with Gasteiger partial charge < -0.3 is 37.9 Å². The number of ether oxygens (including phenoxy) is 8. The van der Waals surface area contributed by atoms with Crippen LogP contribution in [-0.4, -0.2) is 77.4 Å². The van der Waals surface area contributed by atoms with E-state index < -0.39 is 17.9 Å². The van der Waals surface area contributed by atoms with Crippen LogP contribution in [0.15, 0.2) is 85.5 Å². The van der Waals surface area contributed by atoms with Crippen molar-refractivity contribution in [2.24, 2.45) is 5.41 Å². The molecule has 11 nitrogen and oxygen atoms in total. The lowest BCUT2D eigenvalue weighted by Gasteiger charge is -2.37. The van der Waals surface area contributed by atoms with Crippen LogP contribution in [0.2, 0.25) is 0 Å². The smallest absolute Gasteiger partial charge is 0.343 e. The molecule has 1 aliphatic heterocycles. The van der Waals surface area contributed by atoms with Gasteiger partial charge in [0.2, 0.25) is 0 Å². The van der Waals surface area contributed by atoms with E-state index in [4.69, 9.17) is 37.9 Å². The maximum absolute atomic E-state index is 12.6. The van der Waals surface area contributed by atoms with Gasteiger partial charge >= 0.3 is 17.9 Å². The van der Waals surface area contributed by atoms with Gasteiger partial charge in [0, 0.05) is 18.1 Å². The molecule has 0 amide bonds. The van der Waals surface area contributed by atoms with Gasteiger partial charge in [-0.25, -0.2) is 14.4 Å². The largest absolute Gasteiger partial charge is 0.494 e. The van der Waals surface area contributed by atoms with E-state index in [1.54, 1.807) is 72.8 Å². The van der Waals surface area contributed by atoms with Crippen molar-refractivity contribution in [2.45, 2.75) is 19.8 Å². The molecule has 47 heavy (non-hydrogen) atoms. The number of esters is 3. The Balaban J connectivity index is 1.10. The molecule has 0 spiro atoms. The molecular weight excluding hydrogens is 608 g/mol. The Hall–Kier alpha value is -4.71. The first-order valence-electron chi connectivity index (χ1n) is 15.4. The molecule has 3 aromatic carbocycles. The minimum absolute atomic E-state index is 0.134. The Labute approximate surface area is 274 Å². The summed E-state index contributed by atoms with van der Waals surface area (Å²) in [4.78, 5) is 36.1. The molecule has 1 fully saturated rings. The summed E-state index contributed by atoms with van der Waals surface area (Å²) in [5.74, 6) is 0.246. The molecule has 1 saturated heterocycles. The quantitative estimate of drug-likeness (QED) is 0.0671. The average Bonchev–Trinajstić information content (AvgIpc) is 3.07. The Kier molecular flexibility index (Phi) is 13.8. The van der Waals surface area contributed by atoms with Crippen molar-refractivity contribution in [3.05, 3.63) is 96.6 Å². The lowest BCUT2D eigenvalue weighted by molar-refractivity contribution is -0.139. The van der Waals surface area contributed by atoms with Gasteiger partial charge in [-0.3, -0.25) is 0 Å².